The Morgan fingerprint density at radius 1 is 1.21 bits per heavy atom. The van der Waals surface area contributed by atoms with Crippen LogP contribution in [0.2, 0.25) is 0 Å². The zero-order valence-corrected chi connectivity index (χ0v) is 7.75. The van der Waals surface area contributed by atoms with Gasteiger partial charge in [-0.3, -0.25) is 4.99 Å². The van der Waals surface area contributed by atoms with Crippen LogP contribution in [-0.2, 0) is 0 Å². The molecule has 70 valence electrons. The Morgan fingerprint density at radius 2 is 2.07 bits per heavy atom. The summed E-state index contributed by atoms with van der Waals surface area (Å²) in [5, 5.41) is 0. The minimum atomic E-state index is 0.684. The van der Waals surface area contributed by atoms with E-state index in [1.165, 1.54) is 22.3 Å². The second kappa shape index (κ2) is 2.38. The average Bonchev–Trinajstić information content (AvgIpc) is 2.39. The van der Waals surface area contributed by atoms with Gasteiger partial charge in [0.15, 0.2) is 0 Å². The largest absolute Gasteiger partial charge is 0.402 e. The predicted octanol–water partition coefficient (Wildman–Crippen LogP) is 1.11. The molecule has 1 heterocycles. The summed E-state index contributed by atoms with van der Waals surface area (Å²) in [6.45, 7) is 0. The molecule has 2 aliphatic carbocycles. The summed E-state index contributed by atoms with van der Waals surface area (Å²) in [5.74, 6) is 0. The summed E-state index contributed by atoms with van der Waals surface area (Å²) < 4.78 is 0. The Kier molecular flexibility index (Phi) is 1.29. The first kappa shape index (κ1) is 7.62. The van der Waals surface area contributed by atoms with Gasteiger partial charge in [0.2, 0.25) is 0 Å². The monoisotopic (exact) mass is 185 g/mol. The van der Waals surface area contributed by atoms with Crippen LogP contribution in [0.5, 0.6) is 0 Å². The third-order valence-electron chi connectivity index (χ3n) is 2.82. The molecule has 14 heavy (non-hydrogen) atoms. The molecule has 0 unspecified atom stereocenters. The average molecular weight is 185 g/mol. The van der Waals surface area contributed by atoms with Crippen molar-refractivity contribution in [1.29, 1.82) is 0 Å². The van der Waals surface area contributed by atoms with Crippen molar-refractivity contribution in [1.82, 2.24) is 0 Å². The number of allylic oxidation sites excluding steroid dienone is 5. The minimum absolute atomic E-state index is 0.684. The lowest BCUT2D eigenvalue weighted by molar-refractivity contribution is 1.01. The van der Waals surface area contributed by atoms with Gasteiger partial charge in [0, 0.05) is 42.2 Å². The highest BCUT2D eigenvalue weighted by Gasteiger charge is 2.28. The first-order valence-corrected chi connectivity index (χ1v) is 4.66. The summed E-state index contributed by atoms with van der Waals surface area (Å²) >= 11 is 0. The smallest absolute Gasteiger partial charge is 0.0310 e. The van der Waals surface area contributed by atoms with Crippen molar-refractivity contribution in [3.63, 3.8) is 0 Å². The van der Waals surface area contributed by atoms with Gasteiger partial charge in [0.25, 0.3) is 0 Å². The van der Waals surface area contributed by atoms with Crippen molar-refractivity contribution in [2.45, 2.75) is 12.8 Å². The van der Waals surface area contributed by atoms with Crippen LogP contribution in [0.1, 0.15) is 12.8 Å². The van der Waals surface area contributed by atoms with E-state index in [4.69, 9.17) is 11.5 Å². The van der Waals surface area contributed by atoms with E-state index >= 15 is 0 Å². The molecule has 0 atom stereocenters. The van der Waals surface area contributed by atoms with Gasteiger partial charge in [0.05, 0.1) is 0 Å². The first-order valence-electron chi connectivity index (χ1n) is 4.66. The fourth-order valence-electron chi connectivity index (χ4n) is 2.25. The highest BCUT2D eigenvalue weighted by atomic mass is 14.7. The van der Waals surface area contributed by atoms with E-state index in [9.17, 15) is 0 Å². The molecular formula is C11H11N3. The van der Waals surface area contributed by atoms with Crippen LogP contribution in [0, 0.1) is 0 Å². The lowest BCUT2D eigenvalue weighted by Gasteiger charge is -2.15. The molecule has 0 aromatic carbocycles. The van der Waals surface area contributed by atoms with Gasteiger partial charge < -0.3 is 11.5 Å². The Labute approximate surface area is 82.2 Å². The van der Waals surface area contributed by atoms with Crippen LogP contribution in [-0.4, -0.2) is 6.21 Å². The Hall–Kier alpha value is -1.77. The molecule has 0 spiro atoms. The van der Waals surface area contributed by atoms with E-state index < -0.39 is 0 Å². The van der Waals surface area contributed by atoms with Crippen molar-refractivity contribution < 1.29 is 0 Å². The van der Waals surface area contributed by atoms with Crippen LogP contribution in [0.15, 0.2) is 51.0 Å². The lowest BCUT2D eigenvalue weighted by Crippen LogP contribution is -2.13. The van der Waals surface area contributed by atoms with E-state index in [1.54, 1.807) is 0 Å². The van der Waals surface area contributed by atoms with E-state index in [0.29, 0.717) is 6.42 Å². The molecule has 2 bridgehead atoms. The predicted molar refractivity (Wildman–Crippen MR) is 56.3 cm³/mol. The molecule has 3 nitrogen and oxygen atoms in total. The number of nitrogens with two attached hydrogens (primary N) is 2. The molecular weight excluding hydrogens is 174 g/mol. The van der Waals surface area contributed by atoms with E-state index in [-0.39, 0.29) is 0 Å². The fourth-order valence-corrected chi connectivity index (χ4v) is 2.25. The molecule has 1 aliphatic heterocycles. The quantitative estimate of drug-likeness (QED) is 0.593. The van der Waals surface area contributed by atoms with Crippen LogP contribution in [0.25, 0.3) is 0 Å². The van der Waals surface area contributed by atoms with Crippen molar-refractivity contribution in [3.05, 3.63) is 46.0 Å². The Bertz CT molecular complexity index is 473. The summed E-state index contributed by atoms with van der Waals surface area (Å²) in [4.78, 5) is 4.18. The van der Waals surface area contributed by atoms with Crippen LogP contribution >= 0.6 is 0 Å². The van der Waals surface area contributed by atoms with Gasteiger partial charge in [-0.1, -0.05) is 0 Å². The molecule has 0 saturated carbocycles. The first-order chi connectivity index (χ1) is 6.75. The number of aliphatic imine (C=N–C) groups is 1. The Balaban J connectivity index is 2.28. The Morgan fingerprint density at radius 3 is 2.93 bits per heavy atom. The normalized spacial score (nSPS) is 23.7. The second-order valence-electron chi connectivity index (χ2n) is 3.84. The van der Waals surface area contributed by atoms with Crippen molar-refractivity contribution >= 4 is 6.21 Å². The van der Waals surface area contributed by atoms with Crippen LogP contribution in [0.4, 0.5) is 0 Å². The molecule has 0 aromatic heterocycles. The van der Waals surface area contributed by atoms with Crippen LogP contribution < -0.4 is 11.5 Å². The summed E-state index contributed by atoms with van der Waals surface area (Å²) in [5.41, 5.74) is 18.4. The number of hydrogen-bond acceptors (Lipinski definition) is 3. The molecule has 0 radical (unpaired) electrons. The zero-order valence-electron chi connectivity index (χ0n) is 7.75. The maximum Gasteiger partial charge on any atom is 0.0310 e. The highest BCUT2D eigenvalue weighted by molar-refractivity contribution is 5.90. The molecule has 0 fully saturated rings. The third-order valence-corrected chi connectivity index (χ3v) is 2.82. The van der Waals surface area contributed by atoms with E-state index in [2.05, 4.69) is 4.99 Å². The van der Waals surface area contributed by atoms with Crippen molar-refractivity contribution in [3.8, 4) is 0 Å². The molecule has 3 heteroatoms. The number of fused-ring (bicyclic) bond motifs is 4. The molecule has 0 aromatic rings. The van der Waals surface area contributed by atoms with Gasteiger partial charge in [-0.05, 0) is 22.8 Å². The molecule has 3 aliphatic rings. The fraction of sp³-hybridized carbons (Fsp3) is 0.182. The summed E-state index contributed by atoms with van der Waals surface area (Å²) in [7, 11) is 0. The zero-order chi connectivity index (χ0) is 9.71. The maximum atomic E-state index is 5.99. The third kappa shape index (κ3) is 0.839. The van der Waals surface area contributed by atoms with Gasteiger partial charge >= 0.3 is 0 Å². The van der Waals surface area contributed by atoms with Crippen molar-refractivity contribution in [2.24, 2.45) is 16.5 Å². The summed E-state index contributed by atoms with van der Waals surface area (Å²) in [6.07, 6.45) is 7.46. The van der Waals surface area contributed by atoms with Crippen molar-refractivity contribution in [2.75, 3.05) is 0 Å². The van der Waals surface area contributed by atoms with E-state index in [0.717, 1.165) is 17.8 Å². The highest BCUT2D eigenvalue weighted by Crippen LogP contribution is 2.42. The van der Waals surface area contributed by atoms with Gasteiger partial charge in [-0.2, -0.15) is 0 Å². The molecule has 0 saturated heterocycles. The topological polar surface area (TPSA) is 64.4 Å². The van der Waals surface area contributed by atoms with E-state index in [1.807, 2.05) is 18.5 Å². The standard InChI is InChI=1S/C11H11N3/c12-8-2-9-6-1-7(5-14-4-6)11(9)10(13)3-8/h2,4-5H,1,3,12-13H2. The van der Waals surface area contributed by atoms with Gasteiger partial charge in [-0.15, -0.1) is 0 Å². The number of rotatable bonds is 0. The minimum Gasteiger partial charge on any atom is -0.402 e. The number of hydrogen-bond donors (Lipinski definition) is 2. The van der Waals surface area contributed by atoms with Crippen LogP contribution in [0.3, 0.4) is 0 Å². The molecule has 3 rings (SSSR count). The second-order valence-corrected chi connectivity index (χ2v) is 3.84. The van der Waals surface area contributed by atoms with Gasteiger partial charge in [0.1, 0.15) is 0 Å². The molecule has 0 amide bonds. The van der Waals surface area contributed by atoms with Gasteiger partial charge in [-0.25, -0.2) is 0 Å². The maximum absolute atomic E-state index is 5.99. The molecule has 4 N–H and O–H groups in total. The lowest BCUT2D eigenvalue weighted by atomic mass is 9.94. The summed E-state index contributed by atoms with van der Waals surface area (Å²) in [6, 6.07) is 0. The SMILES string of the molecule is NC1=CC2=C3C=NC=C(C3)C2=C(N)C1. The number of nitrogens with zero attached hydrogens (tertiary/aromatic N) is 1.